The van der Waals surface area contributed by atoms with Crippen LogP contribution in [0, 0.1) is 22.7 Å². The Balaban J connectivity index is 2.30. The van der Waals surface area contributed by atoms with Gasteiger partial charge in [-0.2, -0.15) is 5.26 Å². The molecule has 1 aliphatic heterocycles. The van der Waals surface area contributed by atoms with Gasteiger partial charge in [-0.05, 0) is 26.2 Å². The van der Waals surface area contributed by atoms with Gasteiger partial charge in [-0.25, -0.2) is 0 Å². The van der Waals surface area contributed by atoms with Gasteiger partial charge < -0.3 is 15.4 Å². The first kappa shape index (κ1) is 18.5. The Kier molecular flexibility index (Phi) is 6.30. The maximum absolute atomic E-state index is 11.6. The van der Waals surface area contributed by atoms with E-state index in [-0.39, 0.29) is 40.8 Å². The largest absolute Gasteiger partial charge is 0.376 e. The van der Waals surface area contributed by atoms with E-state index in [9.17, 15) is 10.1 Å². The highest BCUT2D eigenvalue weighted by atomic mass is 35.5. The lowest BCUT2D eigenvalue weighted by Crippen LogP contribution is -2.67. The molecule has 23 heavy (non-hydrogen) atoms. The Morgan fingerprint density at radius 2 is 2.26 bits per heavy atom. The summed E-state index contributed by atoms with van der Waals surface area (Å²) in [6, 6.07) is 2.54. The third kappa shape index (κ3) is 3.65. The zero-order valence-corrected chi connectivity index (χ0v) is 15.0. The van der Waals surface area contributed by atoms with Crippen LogP contribution in [0.15, 0.2) is 0 Å². The molecule has 130 valence electrons. The van der Waals surface area contributed by atoms with E-state index in [1.807, 2.05) is 6.92 Å². The van der Waals surface area contributed by atoms with E-state index in [1.165, 1.54) is 6.92 Å². The lowest BCUT2D eigenvalue weighted by molar-refractivity contribution is -0.123. The number of nitrogens with zero attached hydrogens (tertiary/aromatic N) is 1. The van der Waals surface area contributed by atoms with Crippen LogP contribution in [-0.4, -0.2) is 42.6 Å². The first-order chi connectivity index (χ1) is 11.0. The molecule has 6 heteroatoms. The summed E-state index contributed by atoms with van der Waals surface area (Å²) in [5.41, 5.74) is -0.171. The van der Waals surface area contributed by atoms with Gasteiger partial charge in [0.1, 0.15) is 0 Å². The van der Waals surface area contributed by atoms with Crippen molar-refractivity contribution in [1.82, 2.24) is 10.6 Å². The molecule has 0 radical (unpaired) electrons. The smallest absolute Gasteiger partial charge is 0.217 e. The van der Waals surface area contributed by atoms with Gasteiger partial charge in [0.05, 0.1) is 29.5 Å². The van der Waals surface area contributed by atoms with Gasteiger partial charge in [-0.15, -0.1) is 11.6 Å². The van der Waals surface area contributed by atoms with Crippen LogP contribution in [0.4, 0.5) is 0 Å². The van der Waals surface area contributed by atoms with Crippen LogP contribution in [0.25, 0.3) is 0 Å². The van der Waals surface area contributed by atoms with Gasteiger partial charge in [0, 0.05) is 31.5 Å². The van der Waals surface area contributed by atoms with E-state index >= 15 is 0 Å². The highest BCUT2D eigenvalue weighted by Gasteiger charge is 2.55. The topological polar surface area (TPSA) is 74.2 Å². The van der Waals surface area contributed by atoms with Crippen molar-refractivity contribution >= 4 is 17.5 Å². The molecule has 2 rings (SSSR count). The highest BCUT2D eigenvalue weighted by Crippen LogP contribution is 2.50. The molecular weight excluding hydrogens is 314 g/mol. The van der Waals surface area contributed by atoms with Crippen molar-refractivity contribution in [3.05, 3.63) is 0 Å². The third-order valence-corrected chi connectivity index (χ3v) is 6.09. The molecule has 6 unspecified atom stereocenters. The van der Waals surface area contributed by atoms with Crippen molar-refractivity contribution in [3.63, 3.8) is 0 Å². The van der Waals surface area contributed by atoms with E-state index in [2.05, 4.69) is 23.6 Å². The molecule has 1 aliphatic carbocycles. The fourth-order valence-corrected chi connectivity index (χ4v) is 4.97. The van der Waals surface area contributed by atoms with Crippen LogP contribution < -0.4 is 10.6 Å². The number of nitrogens with one attached hydrogen (secondary N) is 2. The molecule has 2 N–H and O–H groups in total. The average molecular weight is 342 g/mol. The van der Waals surface area contributed by atoms with Gasteiger partial charge in [-0.3, -0.25) is 4.79 Å². The summed E-state index contributed by atoms with van der Waals surface area (Å²) in [7, 11) is 0. The van der Waals surface area contributed by atoms with Crippen LogP contribution in [0.2, 0.25) is 0 Å². The van der Waals surface area contributed by atoms with Gasteiger partial charge in [-0.1, -0.05) is 13.3 Å². The number of fused-ring (bicyclic) bond motifs is 1. The van der Waals surface area contributed by atoms with Crippen LogP contribution in [0.5, 0.6) is 0 Å². The lowest BCUT2D eigenvalue weighted by Gasteiger charge is -2.56. The van der Waals surface area contributed by atoms with Gasteiger partial charge >= 0.3 is 0 Å². The average Bonchev–Trinajstić information content (AvgIpc) is 2.50. The zero-order chi connectivity index (χ0) is 17.0. The van der Waals surface area contributed by atoms with Crippen molar-refractivity contribution < 1.29 is 9.53 Å². The number of carbonyl (C=O) groups excluding carboxylic acids is 1. The Bertz CT molecular complexity index is 467. The molecule has 2 fully saturated rings. The molecule has 0 spiro atoms. The minimum absolute atomic E-state index is 0.00566. The normalized spacial score (nSPS) is 40.0. The van der Waals surface area contributed by atoms with Gasteiger partial charge in [0.25, 0.3) is 0 Å². The number of amides is 1. The summed E-state index contributed by atoms with van der Waals surface area (Å²) in [6.07, 6.45) is 3.53. The molecule has 1 saturated heterocycles. The molecule has 2 aliphatic rings. The number of hydrogen-bond acceptors (Lipinski definition) is 4. The van der Waals surface area contributed by atoms with Crippen LogP contribution >= 0.6 is 11.6 Å². The molecule has 1 amide bonds. The first-order valence-corrected chi connectivity index (χ1v) is 9.07. The number of ether oxygens (including phenoxy) is 1. The summed E-state index contributed by atoms with van der Waals surface area (Å²) in [5.74, 6) is -0.238. The van der Waals surface area contributed by atoms with Gasteiger partial charge in [0.2, 0.25) is 5.91 Å². The molecule has 0 bridgehead atoms. The summed E-state index contributed by atoms with van der Waals surface area (Å²) in [5, 5.41) is 15.8. The SMILES string of the molecule is CCCC12CC(NC(C)=O)C(OCC)CC1NCC(C#N)C2Cl. The molecule has 1 heterocycles. The van der Waals surface area contributed by atoms with E-state index in [0.717, 1.165) is 25.7 Å². The fraction of sp³-hybridized carbons (Fsp3) is 0.882. The number of nitriles is 1. The van der Waals surface area contributed by atoms with E-state index in [4.69, 9.17) is 16.3 Å². The highest BCUT2D eigenvalue weighted by molar-refractivity contribution is 6.21. The minimum Gasteiger partial charge on any atom is -0.376 e. The van der Waals surface area contributed by atoms with Crippen LogP contribution in [0.3, 0.4) is 0 Å². The Hall–Kier alpha value is -0.830. The van der Waals surface area contributed by atoms with Crippen molar-refractivity contribution in [2.75, 3.05) is 13.2 Å². The summed E-state index contributed by atoms with van der Waals surface area (Å²) in [6.45, 7) is 6.91. The maximum atomic E-state index is 11.6. The van der Waals surface area contributed by atoms with E-state index < -0.39 is 0 Å². The third-order valence-electron chi connectivity index (χ3n) is 5.35. The van der Waals surface area contributed by atoms with Gasteiger partial charge in [0.15, 0.2) is 0 Å². The van der Waals surface area contributed by atoms with Crippen molar-refractivity contribution in [1.29, 1.82) is 5.26 Å². The second kappa shape index (κ2) is 7.83. The summed E-state index contributed by atoms with van der Waals surface area (Å²) in [4.78, 5) is 11.6. The maximum Gasteiger partial charge on any atom is 0.217 e. The van der Waals surface area contributed by atoms with Crippen molar-refractivity contribution in [3.8, 4) is 6.07 Å². The second-order valence-electron chi connectivity index (χ2n) is 6.82. The predicted octanol–water partition coefficient (Wildman–Crippen LogP) is 2.20. The number of rotatable bonds is 5. The molecule has 1 saturated carbocycles. The molecule has 6 atom stereocenters. The summed E-state index contributed by atoms with van der Waals surface area (Å²) < 4.78 is 5.89. The number of hydrogen-bond donors (Lipinski definition) is 2. The predicted molar refractivity (Wildman–Crippen MR) is 90.1 cm³/mol. The molecule has 0 aromatic rings. The number of piperidine rings is 1. The standard InChI is InChI=1S/C17H28ClN3O2/c1-4-6-17-8-13(21-11(3)22)14(23-5-2)7-15(17)20-10-12(9-19)16(17)18/h12-16,20H,4-8,10H2,1-3H3,(H,21,22). The fourth-order valence-electron chi connectivity index (χ4n) is 4.47. The number of alkyl halides is 1. The quantitative estimate of drug-likeness (QED) is 0.752. The Labute approximate surface area is 144 Å². The minimum atomic E-state index is -0.197. The van der Waals surface area contributed by atoms with Crippen molar-refractivity contribution in [2.24, 2.45) is 11.3 Å². The molecule has 0 aromatic heterocycles. The van der Waals surface area contributed by atoms with Crippen LogP contribution in [0.1, 0.15) is 46.5 Å². The zero-order valence-electron chi connectivity index (χ0n) is 14.3. The second-order valence-corrected chi connectivity index (χ2v) is 7.29. The van der Waals surface area contributed by atoms with E-state index in [0.29, 0.717) is 13.2 Å². The Morgan fingerprint density at radius 3 is 2.83 bits per heavy atom. The number of carbonyl (C=O) groups is 1. The van der Waals surface area contributed by atoms with Crippen molar-refractivity contribution in [2.45, 2.75) is 70.0 Å². The molecule has 5 nitrogen and oxygen atoms in total. The first-order valence-electron chi connectivity index (χ1n) is 8.64. The van der Waals surface area contributed by atoms with E-state index in [1.54, 1.807) is 0 Å². The Morgan fingerprint density at radius 1 is 1.52 bits per heavy atom. The lowest BCUT2D eigenvalue weighted by atomic mass is 9.59. The van der Waals surface area contributed by atoms with Crippen LogP contribution in [-0.2, 0) is 9.53 Å². The number of halogens is 1. The molecule has 0 aromatic carbocycles. The molecular formula is C17H28ClN3O2. The monoisotopic (exact) mass is 341 g/mol. The summed E-state index contributed by atoms with van der Waals surface area (Å²) >= 11 is 6.80.